The zero-order chi connectivity index (χ0) is 28.3. The number of benzene rings is 3. The number of ether oxygens (including phenoxy) is 1. The third kappa shape index (κ3) is 8.37. The molecule has 0 spiro atoms. The summed E-state index contributed by atoms with van der Waals surface area (Å²) in [5, 5.41) is 0. The highest BCUT2D eigenvalue weighted by Crippen LogP contribution is 2.17. The summed E-state index contributed by atoms with van der Waals surface area (Å²) < 4.78 is 21.5. The molecule has 4 aromatic rings. The highest BCUT2D eigenvalue weighted by molar-refractivity contribution is 9.10. The lowest BCUT2D eigenvalue weighted by atomic mass is 10.1. The Morgan fingerprint density at radius 2 is 1.57 bits per heavy atom. The van der Waals surface area contributed by atoms with Crippen LogP contribution in [-0.4, -0.2) is 53.0 Å². The average Bonchev–Trinajstić information content (AvgIpc) is 3.40. The number of methoxy groups -OCH3 is 1. The van der Waals surface area contributed by atoms with Gasteiger partial charge in [0.2, 0.25) is 5.91 Å². The molecule has 0 radical (unpaired) electrons. The number of carbonyl (C=O) groups excluding carboxylic acids is 2. The zero-order valence-corrected chi connectivity index (χ0v) is 24.1. The molecule has 0 aliphatic carbocycles. The average molecular weight is 607 g/mol. The van der Waals surface area contributed by atoms with Gasteiger partial charge in [0.15, 0.2) is 0 Å². The molecule has 0 saturated heterocycles. The maximum Gasteiger partial charge on any atom is 0.254 e. The van der Waals surface area contributed by atoms with E-state index in [4.69, 9.17) is 4.74 Å². The fourth-order valence-electron chi connectivity index (χ4n) is 4.46. The predicted molar refractivity (Wildman–Crippen MR) is 157 cm³/mol. The topological polar surface area (TPSA) is 54.8 Å². The maximum absolute atomic E-state index is 13.9. The number of aromatic nitrogens is 1. The van der Waals surface area contributed by atoms with Crippen molar-refractivity contribution in [3.05, 3.63) is 130 Å². The van der Waals surface area contributed by atoms with E-state index in [2.05, 4.69) is 20.5 Å². The van der Waals surface area contributed by atoms with E-state index < -0.39 is 0 Å². The van der Waals surface area contributed by atoms with E-state index in [1.165, 1.54) is 12.1 Å². The number of hydrogen-bond acceptors (Lipinski definition) is 3. The number of amides is 2. The molecular formula is C32H33BrFN3O3. The van der Waals surface area contributed by atoms with Gasteiger partial charge in [0.05, 0.1) is 6.54 Å². The first-order valence-electron chi connectivity index (χ1n) is 13.2. The molecule has 0 N–H and O–H groups in total. The summed E-state index contributed by atoms with van der Waals surface area (Å²) >= 11 is 3.41. The number of carbonyl (C=O) groups is 2. The second-order valence-electron chi connectivity index (χ2n) is 9.57. The first kappa shape index (κ1) is 29.2. The van der Waals surface area contributed by atoms with Crippen LogP contribution in [0.15, 0.2) is 102 Å². The van der Waals surface area contributed by atoms with Crippen molar-refractivity contribution in [3.63, 3.8) is 0 Å². The van der Waals surface area contributed by atoms with Gasteiger partial charge in [-0.25, -0.2) is 4.39 Å². The number of halogens is 2. The second-order valence-corrected chi connectivity index (χ2v) is 10.5. The first-order chi connectivity index (χ1) is 19.4. The van der Waals surface area contributed by atoms with E-state index in [-0.39, 0.29) is 24.2 Å². The molecule has 6 nitrogen and oxygen atoms in total. The van der Waals surface area contributed by atoms with E-state index in [1.54, 1.807) is 41.2 Å². The highest BCUT2D eigenvalue weighted by atomic mass is 79.9. The molecule has 0 aliphatic heterocycles. The third-order valence-electron chi connectivity index (χ3n) is 6.59. The smallest absolute Gasteiger partial charge is 0.254 e. The van der Waals surface area contributed by atoms with E-state index in [0.29, 0.717) is 44.8 Å². The lowest BCUT2D eigenvalue weighted by molar-refractivity contribution is -0.133. The van der Waals surface area contributed by atoms with Crippen LogP contribution in [0.3, 0.4) is 0 Å². The lowest BCUT2D eigenvalue weighted by Crippen LogP contribution is -2.43. The molecule has 208 valence electrons. The summed E-state index contributed by atoms with van der Waals surface area (Å²) in [5.41, 5.74) is 3.43. The van der Waals surface area contributed by atoms with Crippen LogP contribution >= 0.6 is 15.9 Å². The molecule has 0 bridgehead atoms. The first-order valence-corrected chi connectivity index (χ1v) is 14.0. The van der Waals surface area contributed by atoms with Crippen LogP contribution in [0.5, 0.6) is 0 Å². The van der Waals surface area contributed by atoms with Gasteiger partial charge in [-0.3, -0.25) is 9.59 Å². The standard InChI is InChI=1S/C32H33BrFN3O3/c1-40-20-6-19-36(32(39)27-12-14-28(33)15-13-27)24-31(38)37(22-25-7-3-2-4-8-25)23-30-9-5-18-35(30)21-26-10-16-29(34)17-11-26/h2-5,7-18H,6,19-24H2,1H3. The van der Waals surface area contributed by atoms with Crippen molar-refractivity contribution in [3.8, 4) is 0 Å². The molecule has 1 heterocycles. The normalized spacial score (nSPS) is 10.9. The minimum atomic E-state index is -0.274. The Morgan fingerprint density at radius 3 is 2.27 bits per heavy atom. The van der Waals surface area contributed by atoms with Crippen LogP contribution < -0.4 is 0 Å². The maximum atomic E-state index is 13.9. The van der Waals surface area contributed by atoms with Gasteiger partial charge in [-0.05, 0) is 66.1 Å². The van der Waals surface area contributed by atoms with Gasteiger partial charge in [0, 0.05) is 55.3 Å². The van der Waals surface area contributed by atoms with E-state index in [0.717, 1.165) is 21.3 Å². The fraction of sp³-hybridized carbons (Fsp3) is 0.250. The SMILES string of the molecule is COCCCN(CC(=O)N(Cc1ccccc1)Cc1cccn1Cc1ccc(F)cc1)C(=O)c1ccc(Br)cc1. The van der Waals surface area contributed by atoms with E-state index >= 15 is 0 Å². The number of hydrogen-bond donors (Lipinski definition) is 0. The van der Waals surface area contributed by atoms with Crippen molar-refractivity contribution in [1.82, 2.24) is 14.4 Å². The quantitative estimate of drug-likeness (QED) is 0.172. The van der Waals surface area contributed by atoms with Crippen LogP contribution in [-0.2, 0) is 29.2 Å². The molecule has 8 heteroatoms. The zero-order valence-electron chi connectivity index (χ0n) is 22.5. The molecule has 3 aromatic carbocycles. The van der Waals surface area contributed by atoms with Gasteiger partial charge in [-0.1, -0.05) is 58.4 Å². The van der Waals surface area contributed by atoms with Gasteiger partial charge in [0.25, 0.3) is 5.91 Å². The summed E-state index contributed by atoms with van der Waals surface area (Å²) in [6.45, 7) is 2.16. The Balaban J connectivity index is 1.55. The summed E-state index contributed by atoms with van der Waals surface area (Å²) in [7, 11) is 1.62. The van der Waals surface area contributed by atoms with Crippen molar-refractivity contribution >= 4 is 27.7 Å². The summed E-state index contributed by atoms with van der Waals surface area (Å²) in [5.74, 6) is -0.624. The van der Waals surface area contributed by atoms with E-state index in [1.807, 2.05) is 60.8 Å². The molecule has 40 heavy (non-hydrogen) atoms. The molecule has 0 unspecified atom stereocenters. The highest BCUT2D eigenvalue weighted by Gasteiger charge is 2.23. The Hall–Kier alpha value is -3.75. The van der Waals surface area contributed by atoms with Crippen LogP contribution in [0.4, 0.5) is 4.39 Å². The Kier molecular flexibility index (Phi) is 10.7. The fourth-order valence-corrected chi connectivity index (χ4v) is 4.72. The van der Waals surface area contributed by atoms with Crippen LogP contribution in [0.1, 0.15) is 33.6 Å². The molecule has 0 atom stereocenters. The molecule has 0 fully saturated rings. The minimum Gasteiger partial charge on any atom is -0.385 e. The molecular weight excluding hydrogens is 573 g/mol. The van der Waals surface area contributed by atoms with Crippen molar-refractivity contribution in [2.45, 2.75) is 26.1 Å². The van der Waals surface area contributed by atoms with Crippen molar-refractivity contribution in [2.75, 3.05) is 26.8 Å². The van der Waals surface area contributed by atoms with Crippen molar-refractivity contribution in [2.24, 2.45) is 0 Å². The minimum absolute atomic E-state index is 0.0515. The summed E-state index contributed by atoms with van der Waals surface area (Å²) in [4.78, 5) is 30.7. The van der Waals surface area contributed by atoms with E-state index in [9.17, 15) is 14.0 Å². The van der Waals surface area contributed by atoms with Gasteiger partial charge in [-0.2, -0.15) is 0 Å². The number of rotatable bonds is 13. The van der Waals surface area contributed by atoms with Gasteiger partial charge in [0.1, 0.15) is 12.4 Å². The predicted octanol–water partition coefficient (Wildman–Crippen LogP) is 6.15. The largest absolute Gasteiger partial charge is 0.385 e. The lowest BCUT2D eigenvalue weighted by Gasteiger charge is -2.28. The third-order valence-corrected chi connectivity index (χ3v) is 7.12. The molecule has 4 rings (SSSR count). The monoisotopic (exact) mass is 605 g/mol. The Bertz CT molecular complexity index is 1370. The molecule has 1 aromatic heterocycles. The molecule has 0 saturated carbocycles. The number of nitrogens with zero attached hydrogens (tertiary/aromatic N) is 3. The Morgan fingerprint density at radius 1 is 0.850 bits per heavy atom. The van der Waals surface area contributed by atoms with Crippen LogP contribution in [0.2, 0.25) is 0 Å². The van der Waals surface area contributed by atoms with Gasteiger partial charge < -0.3 is 19.1 Å². The van der Waals surface area contributed by atoms with Crippen molar-refractivity contribution in [1.29, 1.82) is 0 Å². The van der Waals surface area contributed by atoms with Crippen LogP contribution in [0.25, 0.3) is 0 Å². The van der Waals surface area contributed by atoms with Crippen LogP contribution in [0, 0.1) is 5.82 Å². The second kappa shape index (κ2) is 14.6. The molecule has 2 amide bonds. The summed E-state index contributed by atoms with van der Waals surface area (Å²) in [6.07, 6.45) is 2.57. The van der Waals surface area contributed by atoms with Gasteiger partial charge >= 0.3 is 0 Å². The summed E-state index contributed by atoms with van der Waals surface area (Å²) in [6, 6.07) is 27.3. The van der Waals surface area contributed by atoms with Crippen molar-refractivity contribution < 1.29 is 18.7 Å². The molecule has 0 aliphatic rings. The van der Waals surface area contributed by atoms with Gasteiger partial charge in [-0.15, -0.1) is 0 Å². The Labute approximate surface area is 243 Å².